The summed E-state index contributed by atoms with van der Waals surface area (Å²) in [6.45, 7) is 1.86. The van der Waals surface area contributed by atoms with Crippen LogP contribution in [0.1, 0.15) is 24.0 Å². The smallest absolute Gasteiger partial charge is 0.262 e. The van der Waals surface area contributed by atoms with Gasteiger partial charge in [-0.1, -0.05) is 0 Å². The summed E-state index contributed by atoms with van der Waals surface area (Å²) in [6, 6.07) is 7.41. The number of sulfonamides is 1. The third kappa shape index (κ3) is 4.53. The number of benzene rings is 2. The van der Waals surface area contributed by atoms with Crippen molar-refractivity contribution in [3.63, 3.8) is 0 Å². The number of carbonyl (C=O) groups excluding carboxylic acids is 2. The van der Waals surface area contributed by atoms with Crippen molar-refractivity contribution in [2.45, 2.75) is 37.2 Å². The maximum absolute atomic E-state index is 13.5. The van der Waals surface area contributed by atoms with Gasteiger partial charge in [0, 0.05) is 24.7 Å². The van der Waals surface area contributed by atoms with E-state index in [1.54, 1.807) is 38.3 Å². The van der Waals surface area contributed by atoms with Crippen molar-refractivity contribution in [1.29, 1.82) is 0 Å². The summed E-state index contributed by atoms with van der Waals surface area (Å²) in [6.07, 6.45) is 0.979. The van der Waals surface area contributed by atoms with Crippen LogP contribution < -0.4 is 24.8 Å². The summed E-state index contributed by atoms with van der Waals surface area (Å²) in [7, 11) is -0.897. The maximum atomic E-state index is 13.5. The second-order valence-corrected chi connectivity index (χ2v) is 9.98. The second kappa shape index (κ2) is 9.51. The van der Waals surface area contributed by atoms with Crippen molar-refractivity contribution in [3.8, 4) is 17.2 Å². The molecule has 2 aromatic carbocycles. The number of fused-ring (bicyclic) bond motifs is 1. The van der Waals surface area contributed by atoms with Crippen molar-refractivity contribution in [3.05, 3.63) is 41.5 Å². The Morgan fingerprint density at radius 1 is 1.24 bits per heavy atom. The quantitative estimate of drug-likeness (QED) is 0.608. The molecule has 2 aromatic rings. The standard InChI is InChI=1S/C23H27N3O7S/c1-14-9-17-20(33-13-22(27)25-17)11-21(14)34(29,30)26-8-4-5-18(26)23(28)24-12-15-10-16(31-2)6-7-19(15)32-3/h6-7,9-11,18H,4-5,8,12-13H2,1-3H3,(H,24,28)(H,25,27)/t18-/m0/s1. The second-order valence-electron chi connectivity index (χ2n) is 8.12. The molecule has 0 bridgehead atoms. The third-order valence-corrected chi connectivity index (χ3v) is 7.99. The number of aryl methyl sites for hydroxylation is 1. The van der Waals surface area contributed by atoms with Crippen LogP contribution in [0.25, 0.3) is 0 Å². The highest BCUT2D eigenvalue weighted by Crippen LogP contribution is 2.36. The molecule has 34 heavy (non-hydrogen) atoms. The molecule has 2 heterocycles. The molecule has 0 aromatic heterocycles. The van der Waals surface area contributed by atoms with E-state index < -0.39 is 16.1 Å². The Balaban J connectivity index is 1.54. The number of carbonyl (C=O) groups is 2. The van der Waals surface area contributed by atoms with Gasteiger partial charge >= 0.3 is 0 Å². The zero-order valence-corrected chi connectivity index (χ0v) is 20.0. The lowest BCUT2D eigenvalue weighted by Crippen LogP contribution is -2.45. The van der Waals surface area contributed by atoms with Gasteiger partial charge in [0.25, 0.3) is 5.91 Å². The predicted molar refractivity (Wildman–Crippen MR) is 124 cm³/mol. The average Bonchev–Trinajstić information content (AvgIpc) is 3.33. The molecule has 1 fully saturated rings. The van der Waals surface area contributed by atoms with Gasteiger partial charge in [-0.2, -0.15) is 4.31 Å². The van der Waals surface area contributed by atoms with Crippen LogP contribution in [0, 0.1) is 6.92 Å². The molecular formula is C23H27N3O7S. The summed E-state index contributed by atoms with van der Waals surface area (Å²) < 4.78 is 44.3. The highest BCUT2D eigenvalue weighted by Gasteiger charge is 2.40. The Hall–Kier alpha value is -3.31. The van der Waals surface area contributed by atoms with Crippen molar-refractivity contribution < 1.29 is 32.2 Å². The van der Waals surface area contributed by atoms with Gasteiger partial charge in [-0.25, -0.2) is 8.42 Å². The number of rotatable bonds is 7. The van der Waals surface area contributed by atoms with Crippen LogP contribution in [0.5, 0.6) is 17.2 Å². The van der Waals surface area contributed by atoms with E-state index in [9.17, 15) is 18.0 Å². The van der Waals surface area contributed by atoms with Crippen LogP contribution in [0.3, 0.4) is 0 Å². The first-order valence-electron chi connectivity index (χ1n) is 10.8. The highest BCUT2D eigenvalue weighted by atomic mass is 32.2. The lowest BCUT2D eigenvalue weighted by atomic mass is 10.1. The summed E-state index contributed by atoms with van der Waals surface area (Å²) in [4.78, 5) is 24.7. The van der Waals surface area contributed by atoms with Crippen LogP contribution in [0.15, 0.2) is 35.2 Å². The van der Waals surface area contributed by atoms with E-state index in [-0.39, 0.29) is 42.2 Å². The lowest BCUT2D eigenvalue weighted by molar-refractivity contribution is -0.124. The van der Waals surface area contributed by atoms with Gasteiger partial charge in [0.05, 0.1) is 24.8 Å². The fraction of sp³-hybridized carbons (Fsp3) is 0.391. The normalized spacial score (nSPS) is 18.0. The molecule has 0 aliphatic carbocycles. The van der Waals surface area contributed by atoms with E-state index in [1.165, 1.54) is 17.5 Å². The molecule has 0 spiro atoms. The van der Waals surface area contributed by atoms with Gasteiger partial charge < -0.3 is 24.8 Å². The first-order chi connectivity index (χ1) is 16.2. The minimum atomic E-state index is -3.98. The van der Waals surface area contributed by atoms with Crippen LogP contribution in [0.4, 0.5) is 5.69 Å². The van der Waals surface area contributed by atoms with Crippen LogP contribution in [0.2, 0.25) is 0 Å². The molecule has 1 saturated heterocycles. The molecular weight excluding hydrogens is 462 g/mol. The first-order valence-corrected chi connectivity index (χ1v) is 12.3. The highest BCUT2D eigenvalue weighted by molar-refractivity contribution is 7.89. The number of hydrogen-bond acceptors (Lipinski definition) is 7. The average molecular weight is 490 g/mol. The summed E-state index contributed by atoms with van der Waals surface area (Å²) in [5.74, 6) is 0.816. The van der Waals surface area contributed by atoms with Crippen molar-refractivity contribution in [1.82, 2.24) is 9.62 Å². The molecule has 0 radical (unpaired) electrons. The summed E-state index contributed by atoms with van der Waals surface area (Å²) >= 11 is 0. The lowest BCUT2D eigenvalue weighted by Gasteiger charge is -2.26. The third-order valence-electron chi connectivity index (χ3n) is 5.94. The molecule has 4 rings (SSSR count). The molecule has 1 atom stereocenters. The first kappa shape index (κ1) is 23.8. The molecule has 2 N–H and O–H groups in total. The minimum Gasteiger partial charge on any atom is -0.497 e. The Bertz CT molecular complexity index is 1230. The summed E-state index contributed by atoms with van der Waals surface area (Å²) in [5, 5.41) is 5.51. The molecule has 2 aliphatic heterocycles. The van der Waals surface area contributed by atoms with E-state index >= 15 is 0 Å². The number of anilines is 1. The van der Waals surface area contributed by atoms with Gasteiger partial charge in [-0.15, -0.1) is 0 Å². The van der Waals surface area contributed by atoms with Crippen LogP contribution in [-0.4, -0.2) is 58.0 Å². The maximum Gasteiger partial charge on any atom is 0.262 e. The van der Waals surface area contributed by atoms with Crippen molar-refractivity contribution in [2.75, 3.05) is 32.7 Å². The zero-order chi connectivity index (χ0) is 24.5. The van der Waals surface area contributed by atoms with Gasteiger partial charge in [-0.05, 0) is 49.6 Å². The Kier molecular flexibility index (Phi) is 6.67. The number of nitrogens with one attached hydrogen (secondary N) is 2. The number of nitrogens with zero attached hydrogens (tertiary/aromatic N) is 1. The Labute approximate surface area is 198 Å². The fourth-order valence-corrected chi connectivity index (χ4v) is 6.11. The number of methoxy groups -OCH3 is 2. The number of amides is 2. The molecule has 11 heteroatoms. The van der Waals surface area contributed by atoms with E-state index in [0.29, 0.717) is 41.2 Å². The molecule has 0 unspecified atom stereocenters. The zero-order valence-electron chi connectivity index (χ0n) is 19.2. The van der Waals surface area contributed by atoms with Crippen LogP contribution in [-0.2, 0) is 26.2 Å². The molecule has 10 nitrogen and oxygen atoms in total. The van der Waals surface area contributed by atoms with Crippen molar-refractivity contribution >= 4 is 27.5 Å². The largest absolute Gasteiger partial charge is 0.497 e. The van der Waals surface area contributed by atoms with E-state index in [0.717, 1.165) is 0 Å². The van der Waals surface area contributed by atoms with E-state index in [1.807, 2.05) is 0 Å². The Morgan fingerprint density at radius 2 is 2.03 bits per heavy atom. The molecule has 0 saturated carbocycles. The molecule has 2 aliphatic rings. The number of hydrogen-bond donors (Lipinski definition) is 2. The van der Waals surface area contributed by atoms with Gasteiger partial charge in [0.2, 0.25) is 15.9 Å². The molecule has 182 valence electrons. The SMILES string of the molecule is COc1ccc(OC)c(CNC(=O)[C@@H]2CCCN2S(=O)(=O)c2cc3c(cc2C)NC(=O)CO3)c1. The van der Waals surface area contributed by atoms with Gasteiger partial charge in [-0.3, -0.25) is 9.59 Å². The van der Waals surface area contributed by atoms with E-state index in [4.69, 9.17) is 14.2 Å². The topological polar surface area (TPSA) is 123 Å². The van der Waals surface area contributed by atoms with Gasteiger partial charge in [0.1, 0.15) is 23.3 Å². The van der Waals surface area contributed by atoms with E-state index in [2.05, 4.69) is 10.6 Å². The minimum absolute atomic E-state index is 0.0524. The Morgan fingerprint density at radius 3 is 2.76 bits per heavy atom. The monoisotopic (exact) mass is 489 g/mol. The van der Waals surface area contributed by atoms with Crippen LogP contribution >= 0.6 is 0 Å². The summed E-state index contributed by atoms with van der Waals surface area (Å²) in [5.41, 5.74) is 1.60. The fourth-order valence-electron chi connectivity index (χ4n) is 4.23. The van der Waals surface area contributed by atoms with Gasteiger partial charge in [0.15, 0.2) is 6.61 Å². The molecule has 2 amide bonds. The van der Waals surface area contributed by atoms with Crippen molar-refractivity contribution in [2.24, 2.45) is 0 Å². The number of ether oxygens (including phenoxy) is 3. The predicted octanol–water partition coefficient (Wildman–Crippen LogP) is 1.81.